The van der Waals surface area contributed by atoms with E-state index in [1.165, 1.54) is 12.1 Å². The van der Waals surface area contributed by atoms with Crippen LogP contribution in [0.5, 0.6) is 5.75 Å². The van der Waals surface area contributed by atoms with Crippen LogP contribution in [0.3, 0.4) is 0 Å². The molecular formula is C13H12BrNO3S. The summed E-state index contributed by atoms with van der Waals surface area (Å²) in [6.45, 7) is 1.86. The third kappa shape index (κ3) is 3.27. The molecule has 100 valence electrons. The van der Waals surface area contributed by atoms with Gasteiger partial charge in [0.05, 0.1) is 5.69 Å². The van der Waals surface area contributed by atoms with E-state index in [2.05, 4.69) is 20.7 Å². The van der Waals surface area contributed by atoms with Crippen molar-refractivity contribution in [1.29, 1.82) is 0 Å². The molecule has 0 saturated carbocycles. The SMILES string of the molecule is Cc1cc(Br)cc(NS(=O)(=O)c2ccccc2O)c1. The first-order valence-electron chi connectivity index (χ1n) is 5.46. The second-order valence-electron chi connectivity index (χ2n) is 4.09. The van der Waals surface area contributed by atoms with Crippen molar-refractivity contribution in [2.45, 2.75) is 11.8 Å². The maximum Gasteiger partial charge on any atom is 0.265 e. The molecule has 0 aliphatic carbocycles. The molecule has 0 aliphatic heterocycles. The number of aryl methyl sites for hydroxylation is 1. The Balaban J connectivity index is 2.39. The van der Waals surface area contributed by atoms with Crippen LogP contribution < -0.4 is 4.72 Å². The molecule has 2 N–H and O–H groups in total. The van der Waals surface area contributed by atoms with Gasteiger partial charge in [0.1, 0.15) is 10.6 Å². The first kappa shape index (κ1) is 13.9. The number of hydrogen-bond acceptors (Lipinski definition) is 3. The average molecular weight is 342 g/mol. The normalized spacial score (nSPS) is 11.3. The summed E-state index contributed by atoms with van der Waals surface area (Å²) in [5.74, 6) is -0.276. The van der Waals surface area contributed by atoms with Crippen LogP contribution in [0.2, 0.25) is 0 Å². The summed E-state index contributed by atoms with van der Waals surface area (Å²) in [5.41, 5.74) is 1.36. The Morgan fingerprint density at radius 2 is 1.84 bits per heavy atom. The van der Waals surface area contributed by atoms with E-state index in [1.807, 2.05) is 13.0 Å². The number of anilines is 1. The van der Waals surface area contributed by atoms with Gasteiger partial charge in [0.2, 0.25) is 0 Å². The monoisotopic (exact) mass is 341 g/mol. The molecule has 2 aromatic carbocycles. The van der Waals surface area contributed by atoms with Crippen molar-refractivity contribution < 1.29 is 13.5 Å². The van der Waals surface area contributed by atoms with Gasteiger partial charge in [-0.25, -0.2) is 8.42 Å². The predicted molar refractivity (Wildman–Crippen MR) is 77.8 cm³/mol. The molecule has 0 unspecified atom stereocenters. The van der Waals surface area contributed by atoms with Gasteiger partial charge < -0.3 is 5.11 Å². The Morgan fingerprint density at radius 1 is 1.16 bits per heavy atom. The highest BCUT2D eigenvalue weighted by Gasteiger charge is 2.18. The van der Waals surface area contributed by atoms with Gasteiger partial charge in [-0.2, -0.15) is 0 Å². The maximum atomic E-state index is 12.2. The summed E-state index contributed by atoms with van der Waals surface area (Å²) in [7, 11) is -3.80. The van der Waals surface area contributed by atoms with E-state index in [9.17, 15) is 13.5 Å². The van der Waals surface area contributed by atoms with E-state index < -0.39 is 10.0 Å². The molecule has 0 saturated heterocycles. The molecule has 0 heterocycles. The van der Waals surface area contributed by atoms with Crippen LogP contribution in [-0.4, -0.2) is 13.5 Å². The number of hydrogen-bond donors (Lipinski definition) is 2. The molecule has 0 fully saturated rings. The van der Waals surface area contributed by atoms with Crippen molar-refractivity contribution in [3.05, 3.63) is 52.5 Å². The first-order valence-corrected chi connectivity index (χ1v) is 7.74. The first-order chi connectivity index (χ1) is 8.88. The summed E-state index contributed by atoms with van der Waals surface area (Å²) in [6, 6.07) is 11.0. The minimum Gasteiger partial charge on any atom is -0.507 e. The van der Waals surface area contributed by atoms with Gasteiger partial charge in [-0.3, -0.25) is 4.72 Å². The van der Waals surface area contributed by atoms with Crippen molar-refractivity contribution in [2.24, 2.45) is 0 Å². The molecular weight excluding hydrogens is 330 g/mol. The number of para-hydroxylation sites is 1. The van der Waals surface area contributed by atoms with Gasteiger partial charge in [0.25, 0.3) is 10.0 Å². The number of nitrogens with one attached hydrogen (secondary N) is 1. The highest BCUT2D eigenvalue weighted by Crippen LogP contribution is 2.26. The Kier molecular flexibility index (Phi) is 3.82. The number of phenolic OH excluding ortho intramolecular Hbond substituents is 1. The summed E-state index contributed by atoms with van der Waals surface area (Å²) >= 11 is 3.31. The lowest BCUT2D eigenvalue weighted by molar-refractivity contribution is 0.459. The molecule has 4 nitrogen and oxygen atoms in total. The lowest BCUT2D eigenvalue weighted by atomic mass is 10.2. The largest absolute Gasteiger partial charge is 0.507 e. The Labute approximate surface area is 120 Å². The zero-order valence-corrected chi connectivity index (χ0v) is 12.5. The fraction of sp³-hybridized carbons (Fsp3) is 0.0769. The minimum atomic E-state index is -3.80. The van der Waals surface area contributed by atoms with Crippen LogP contribution in [0.15, 0.2) is 51.8 Å². The molecule has 0 amide bonds. The molecule has 2 aromatic rings. The van der Waals surface area contributed by atoms with E-state index in [1.54, 1.807) is 24.3 Å². The molecule has 0 atom stereocenters. The topological polar surface area (TPSA) is 66.4 Å². The number of sulfonamides is 1. The van der Waals surface area contributed by atoms with Gasteiger partial charge in [-0.05, 0) is 42.8 Å². The Bertz CT molecular complexity index is 693. The van der Waals surface area contributed by atoms with Crippen LogP contribution in [0, 0.1) is 6.92 Å². The molecule has 0 aromatic heterocycles. The van der Waals surface area contributed by atoms with E-state index in [0.717, 1.165) is 10.0 Å². The number of benzene rings is 2. The van der Waals surface area contributed by atoms with Gasteiger partial charge in [-0.15, -0.1) is 0 Å². The highest BCUT2D eigenvalue weighted by molar-refractivity contribution is 9.10. The lowest BCUT2D eigenvalue weighted by Gasteiger charge is -2.10. The third-order valence-corrected chi connectivity index (χ3v) is 4.34. The Morgan fingerprint density at radius 3 is 2.47 bits per heavy atom. The number of aromatic hydroxyl groups is 1. The molecule has 0 spiro atoms. The smallest absolute Gasteiger partial charge is 0.265 e. The molecule has 0 radical (unpaired) electrons. The van der Waals surface area contributed by atoms with Crippen LogP contribution in [0.4, 0.5) is 5.69 Å². The van der Waals surface area contributed by atoms with Crippen molar-refractivity contribution in [1.82, 2.24) is 0 Å². The van der Waals surface area contributed by atoms with Crippen LogP contribution in [0.1, 0.15) is 5.56 Å². The van der Waals surface area contributed by atoms with E-state index in [0.29, 0.717) is 5.69 Å². The quantitative estimate of drug-likeness (QED) is 0.900. The lowest BCUT2D eigenvalue weighted by Crippen LogP contribution is -2.13. The second-order valence-corrected chi connectivity index (χ2v) is 6.66. The zero-order chi connectivity index (χ0) is 14.0. The Hall–Kier alpha value is -1.53. The van der Waals surface area contributed by atoms with Gasteiger partial charge >= 0.3 is 0 Å². The molecule has 19 heavy (non-hydrogen) atoms. The number of halogens is 1. The van der Waals surface area contributed by atoms with Gasteiger partial charge in [-0.1, -0.05) is 28.1 Å². The molecule has 0 bridgehead atoms. The van der Waals surface area contributed by atoms with Crippen LogP contribution in [0.25, 0.3) is 0 Å². The van der Waals surface area contributed by atoms with Crippen molar-refractivity contribution in [3.8, 4) is 5.75 Å². The van der Waals surface area contributed by atoms with E-state index in [4.69, 9.17) is 0 Å². The van der Waals surface area contributed by atoms with Crippen molar-refractivity contribution in [3.63, 3.8) is 0 Å². The zero-order valence-electron chi connectivity index (χ0n) is 10.1. The summed E-state index contributed by atoms with van der Waals surface area (Å²) in [4.78, 5) is -0.146. The fourth-order valence-electron chi connectivity index (χ4n) is 1.69. The van der Waals surface area contributed by atoms with E-state index >= 15 is 0 Å². The average Bonchev–Trinajstić information content (AvgIpc) is 2.26. The van der Waals surface area contributed by atoms with Crippen LogP contribution in [-0.2, 0) is 10.0 Å². The molecule has 6 heteroatoms. The number of rotatable bonds is 3. The van der Waals surface area contributed by atoms with Crippen LogP contribution >= 0.6 is 15.9 Å². The molecule has 2 rings (SSSR count). The fourth-order valence-corrected chi connectivity index (χ4v) is 3.44. The number of phenols is 1. The minimum absolute atomic E-state index is 0.146. The summed E-state index contributed by atoms with van der Waals surface area (Å²) in [6.07, 6.45) is 0. The summed E-state index contributed by atoms with van der Waals surface area (Å²) < 4.78 is 27.5. The van der Waals surface area contributed by atoms with Gasteiger partial charge in [0.15, 0.2) is 0 Å². The van der Waals surface area contributed by atoms with Gasteiger partial charge in [0, 0.05) is 4.47 Å². The standard InChI is InChI=1S/C13H12BrNO3S/c1-9-6-10(14)8-11(7-9)15-19(17,18)13-5-3-2-4-12(13)16/h2-8,15-16H,1H3. The molecule has 0 aliphatic rings. The van der Waals surface area contributed by atoms with E-state index in [-0.39, 0.29) is 10.6 Å². The third-order valence-electron chi connectivity index (χ3n) is 2.45. The summed E-state index contributed by atoms with van der Waals surface area (Å²) in [5, 5.41) is 9.60. The van der Waals surface area contributed by atoms with Crippen molar-refractivity contribution in [2.75, 3.05) is 4.72 Å². The maximum absolute atomic E-state index is 12.2. The predicted octanol–water partition coefficient (Wildman–Crippen LogP) is 3.26. The highest BCUT2D eigenvalue weighted by atomic mass is 79.9. The second kappa shape index (κ2) is 5.22. The van der Waals surface area contributed by atoms with Crippen molar-refractivity contribution >= 4 is 31.6 Å².